The summed E-state index contributed by atoms with van der Waals surface area (Å²) in [6, 6.07) is 13.2. The van der Waals surface area contributed by atoms with Crippen LogP contribution in [-0.4, -0.2) is 24.4 Å². The Hall–Kier alpha value is -2.82. The number of aryl methyl sites for hydroxylation is 2. The zero-order valence-electron chi connectivity index (χ0n) is 16.6. The Kier molecular flexibility index (Phi) is 7.41. The molecule has 2 rings (SSSR count). The molecule has 0 aromatic heterocycles. The summed E-state index contributed by atoms with van der Waals surface area (Å²) in [7, 11) is 0. The average Bonchev–Trinajstić information content (AvgIpc) is 2.66. The second-order valence-electron chi connectivity index (χ2n) is 6.73. The van der Waals surface area contributed by atoms with Crippen LogP contribution in [0, 0.1) is 6.92 Å². The van der Waals surface area contributed by atoms with E-state index in [1.807, 2.05) is 32.9 Å². The minimum absolute atomic E-state index is 0.113. The highest BCUT2D eigenvalue weighted by molar-refractivity contribution is 5.98. The molecule has 0 fully saturated rings. The number of anilines is 2. The zero-order valence-corrected chi connectivity index (χ0v) is 16.6. The van der Waals surface area contributed by atoms with E-state index in [0.717, 1.165) is 24.1 Å². The highest BCUT2D eigenvalue weighted by Gasteiger charge is 2.11. The first-order chi connectivity index (χ1) is 12.9. The van der Waals surface area contributed by atoms with Gasteiger partial charge < -0.3 is 16.0 Å². The van der Waals surface area contributed by atoms with Gasteiger partial charge in [0.2, 0.25) is 5.91 Å². The molecule has 0 bridgehead atoms. The van der Waals surface area contributed by atoms with Crippen LogP contribution in [0.2, 0.25) is 0 Å². The molecule has 0 radical (unpaired) electrons. The predicted molar refractivity (Wildman–Crippen MR) is 111 cm³/mol. The van der Waals surface area contributed by atoms with Crippen molar-refractivity contribution in [1.29, 1.82) is 0 Å². The first-order valence-corrected chi connectivity index (χ1v) is 9.47. The molecule has 5 nitrogen and oxygen atoms in total. The summed E-state index contributed by atoms with van der Waals surface area (Å²) in [6.45, 7) is 8.27. The Balaban J connectivity index is 1.98. The molecule has 0 aliphatic heterocycles. The summed E-state index contributed by atoms with van der Waals surface area (Å²) >= 11 is 0. The maximum absolute atomic E-state index is 12.3. The van der Waals surface area contributed by atoms with Crippen LogP contribution < -0.4 is 16.0 Å². The van der Waals surface area contributed by atoms with Gasteiger partial charge in [0.25, 0.3) is 5.91 Å². The fourth-order valence-electron chi connectivity index (χ4n) is 2.80. The predicted octanol–water partition coefficient (Wildman–Crippen LogP) is 4.14. The monoisotopic (exact) mass is 367 g/mol. The number of nitrogens with one attached hydrogen (secondary N) is 3. The quantitative estimate of drug-likeness (QED) is 0.657. The lowest BCUT2D eigenvalue weighted by Crippen LogP contribution is -2.32. The van der Waals surface area contributed by atoms with Gasteiger partial charge in [0.15, 0.2) is 0 Å². The molecule has 1 unspecified atom stereocenters. The standard InChI is InChI=1S/C22H29N3O2/c1-5-16(4)24-22(27)18-11-8-12-19(13-18)25-20(26)14-23-21-15(3)9-7-10-17(21)6-2/h7-13,16,23H,5-6,14H2,1-4H3,(H,24,27)(H,25,26). The van der Waals surface area contributed by atoms with Crippen molar-refractivity contribution >= 4 is 23.2 Å². The maximum Gasteiger partial charge on any atom is 0.251 e. The van der Waals surface area contributed by atoms with E-state index in [0.29, 0.717) is 11.3 Å². The van der Waals surface area contributed by atoms with E-state index in [1.165, 1.54) is 5.56 Å². The summed E-state index contributed by atoms with van der Waals surface area (Å²) in [5, 5.41) is 9.01. The second kappa shape index (κ2) is 9.76. The molecule has 27 heavy (non-hydrogen) atoms. The topological polar surface area (TPSA) is 70.2 Å². The fraction of sp³-hybridized carbons (Fsp3) is 0.364. The highest BCUT2D eigenvalue weighted by Crippen LogP contribution is 2.20. The minimum atomic E-state index is -0.153. The van der Waals surface area contributed by atoms with Gasteiger partial charge in [-0.1, -0.05) is 38.1 Å². The summed E-state index contributed by atoms with van der Waals surface area (Å²) in [6.07, 6.45) is 1.77. The van der Waals surface area contributed by atoms with Gasteiger partial charge in [-0.15, -0.1) is 0 Å². The number of carbonyl (C=O) groups excluding carboxylic acids is 2. The molecule has 0 saturated carbocycles. The lowest BCUT2D eigenvalue weighted by atomic mass is 10.1. The van der Waals surface area contributed by atoms with Gasteiger partial charge in [0, 0.05) is 23.0 Å². The molecule has 1 atom stereocenters. The van der Waals surface area contributed by atoms with Gasteiger partial charge in [-0.2, -0.15) is 0 Å². The van der Waals surface area contributed by atoms with Crippen molar-refractivity contribution in [2.75, 3.05) is 17.2 Å². The Morgan fingerprint density at radius 1 is 1.07 bits per heavy atom. The molecule has 2 amide bonds. The lowest BCUT2D eigenvalue weighted by Gasteiger charge is -2.14. The van der Waals surface area contributed by atoms with E-state index in [9.17, 15) is 9.59 Å². The molecule has 0 aliphatic rings. The van der Waals surface area contributed by atoms with E-state index >= 15 is 0 Å². The number of amides is 2. The molecule has 0 aliphatic carbocycles. The van der Waals surface area contributed by atoms with Crippen LogP contribution in [-0.2, 0) is 11.2 Å². The first kappa shape index (κ1) is 20.5. The van der Waals surface area contributed by atoms with Crippen molar-refractivity contribution in [3.05, 3.63) is 59.2 Å². The summed E-state index contributed by atoms with van der Waals surface area (Å²) in [5.74, 6) is -0.286. The third-order valence-electron chi connectivity index (χ3n) is 4.56. The SMILES string of the molecule is CCc1cccc(C)c1NCC(=O)Nc1cccc(C(=O)NC(C)CC)c1. The van der Waals surface area contributed by atoms with Crippen LogP contribution in [0.25, 0.3) is 0 Å². The van der Waals surface area contributed by atoms with Crippen molar-refractivity contribution in [3.63, 3.8) is 0 Å². The number of hydrogen-bond acceptors (Lipinski definition) is 3. The molecule has 144 valence electrons. The van der Waals surface area contributed by atoms with Crippen LogP contribution in [0.3, 0.4) is 0 Å². The van der Waals surface area contributed by atoms with Gasteiger partial charge in [-0.25, -0.2) is 0 Å². The van der Waals surface area contributed by atoms with E-state index in [1.54, 1.807) is 24.3 Å². The summed E-state index contributed by atoms with van der Waals surface area (Å²) in [5.41, 5.74) is 4.46. The fourth-order valence-corrected chi connectivity index (χ4v) is 2.80. The van der Waals surface area contributed by atoms with Crippen LogP contribution in [0.1, 0.15) is 48.7 Å². The molecule has 2 aromatic rings. The number of rotatable bonds is 8. The van der Waals surface area contributed by atoms with Crippen LogP contribution in [0.15, 0.2) is 42.5 Å². The molecular formula is C22H29N3O2. The molecular weight excluding hydrogens is 338 g/mol. The van der Waals surface area contributed by atoms with E-state index in [-0.39, 0.29) is 24.4 Å². The Bertz CT molecular complexity index is 802. The normalized spacial score (nSPS) is 11.6. The maximum atomic E-state index is 12.3. The van der Waals surface area contributed by atoms with Crippen molar-refractivity contribution in [1.82, 2.24) is 5.32 Å². The number of benzene rings is 2. The van der Waals surface area contributed by atoms with Gasteiger partial charge in [-0.3, -0.25) is 9.59 Å². The molecule has 0 heterocycles. The van der Waals surface area contributed by atoms with Gasteiger partial charge in [0.1, 0.15) is 0 Å². The second-order valence-corrected chi connectivity index (χ2v) is 6.73. The van der Waals surface area contributed by atoms with Crippen LogP contribution in [0.4, 0.5) is 11.4 Å². The number of carbonyl (C=O) groups is 2. The molecule has 0 spiro atoms. The van der Waals surface area contributed by atoms with Crippen molar-refractivity contribution in [2.24, 2.45) is 0 Å². The van der Waals surface area contributed by atoms with Gasteiger partial charge in [0.05, 0.1) is 6.54 Å². The molecule has 5 heteroatoms. The Labute approximate surface area is 161 Å². The van der Waals surface area contributed by atoms with E-state index in [4.69, 9.17) is 0 Å². The Morgan fingerprint density at radius 3 is 2.52 bits per heavy atom. The molecule has 2 aromatic carbocycles. The Morgan fingerprint density at radius 2 is 1.81 bits per heavy atom. The van der Waals surface area contributed by atoms with Gasteiger partial charge >= 0.3 is 0 Å². The van der Waals surface area contributed by atoms with Crippen LogP contribution >= 0.6 is 0 Å². The highest BCUT2D eigenvalue weighted by atomic mass is 16.2. The minimum Gasteiger partial charge on any atom is -0.376 e. The molecule has 0 saturated heterocycles. The first-order valence-electron chi connectivity index (χ1n) is 9.47. The number of para-hydroxylation sites is 1. The third-order valence-corrected chi connectivity index (χ3v) is 4.56. The molecule has 3 N–H and O–H groups in total. The van der Waals surface area contributed by atoms with Crippen LogP contribution in [0.5, 0.6) is 0 Å². The van der Waals surface area contributed by atoms with E-state index in [2.05, 4.69) is 28.9 Å². The van der Waals surface area contributed by atoms with Crippen molar-refractivity contribution in [3.8, 4) is 0 Å². The summed E-state index contributed by atoms with van der Waals surface area (Å²) < 4.78 is 0. The summed E-state index contributed by atoms with van der Waals surface area (Å²) in [4.78, 5) is 24.6. The largest absolute Gasteiger partial charge is 0.376 e. The third kappa shape index (κ3) is 5.84. The smallest absolute Gasteiger partial charge is 0.251 e. The van der Waals surface area contributed by atoms with E-state index < -0.39 is 0 Å². The number of hydrogen-bond donors (Lipinski definition) is 3. The van der Waals surface area contributed by atoms with Crippen molar-refractivity contribution in [2.45, 2.75) is 46.6 Å². The van der Waals surface area contributed by atoms with Gasteiger partial charge in [-0.05, 0) is 56.0 Å². The lowest BCUT2D eigenvalue weighted by molar-refractivity contribution is -0.114. The van der Waals surface area contributed by atoms with Crippen molar-refractivity contribution < 1.29 is 9.59 Å². The zero-order chi connectivity index (χ0) is 19.8. The average molecular weight is 367 g/mol.